The van der Waals surface area contributed by atoms with Gasteiger partial charge in [0.2, 0.25) is 0 Å². The third-order valence-corrected chi connectivity index (χ3v) is 5.25. The highest BCUT2D eigenvalue weighted by atomic mass is 79.9. The second-order valence-corrected chi connectivity index (χ2v) is 7.71. The third kappa shape index (κ3) is 5.06. The summed E-state index contributed by atoms with van der Waals surface area (Å²) in [6.45, 7) is 2.78. The fourth-order valence-corrected chi connectivity index (χ4v) is 3.69. The molecule has 1 heterocycles. The van der Waals surface area contributed by atoms with Crippen LogP contribution in [0.1, 0.15) is 28.8 Å². The first-order valence-corrected chi connectivity index (χ1v) is 9.66. The Bertz CT molecular complexity index is 723. The fraction of sp³-hybridized carbons (Fsp3) is 0.350. The number of carbonyl (C=O) groups excluding carboxylic acids is 1. The van der Waals surface area contributed by atoms with Crippen molar-refractivity contribution in [2.75, 3.05) is 19.7 Å². The molecule has 3 nitrogen and oxygen atoms in total. The van der Waals surface area contributed by atoms with Gasteiger partial charge >= 0.3 is 0 Å². The Morgan fingerprint density at radius 1 is 1.24 bits per heavy atom. The number of likely N-dealkylation sites (tertiary alicyclic amines) is 1. The molecule has 2 aromatic carbocycles. The maximum atomic E-state index is 12.8. The van der Waals surface area contributed by atoms with Crippen LogP contribution in [-0.2, 0) is 11.3 Å². The number of hydrogen-bond acceptors (Lipinski definition) is 2. The monoisotopic (exact) mass is 421 g/mol. The van der Waals surface area contributed by atoms with E-state index in [4.69, 9.17) is 16.3 Å². The van der Waals surface area contributed by atoms with Gasteiger partial charge in [0, 0.05) is 17.6 Å². The number of hydrogen-bond donors (Lipinski definition) is 0. The van der Waals surface area contributed by atoms with E-state index in [-0.39, 0.29) is 5.91 Å². The van der Waals surface area contributed by atoms with Crippen molar-refractivity contribution in [2.45, 2.75) is 19.4 Å². The van der Waals surface area contributed by atoms with Gasteiger partial charge in [-0.1, -0.05) is 57.9 Å². The summed E-state index contributed by atoms with van der Waals surface area (Å²) in [6.07, 6.45) is 2.08. The van der Waals surface area contributed by atoms with Crippen molar-refractivity contribution < 1.29 is 9.53 Å². The van der Waals surface area contributed by atoms with E-state index in [1.54, 1.807) is 12.1 Å². The van der Waals surface area contributed by atoms with Crippen molar-refractivity contribution in [2.24, 2.45) is 5.92 Å². The van der Waals surface area contributed by atoms with E-state index in [2.05, 4.69) is 28.1 Å². The van der Waals surface area contributed by atoms with E-state index < -0.39 is 0 Å². The molecule has 1 aliphatic heterocycles. The molecule has 1 fully saturated rings. The van der Waals surface area contributed by atoms with E-state index in [1.807, 2.05) is 29.2 Å². The number of halogens is 2. The Balaban J connectivity index is 1.55. The zero-order chi connectivity index (χ0) is 17.6. The lowest BCUT2D eigenvalue weighted by atomic mass is 9.98. The quantitative estimate of drug-likeness (QED) is 0.665. The molecule has 1 unspecified atom stereocenters. The van der Waals surface area contributed by atoms with Crippen LogP contribution in [0.2, 0.25) is 5.02 Å². The van der Waals surface area contributed by atoms with Gasteiger partial charge in [0.25, 0.3) is 5.91 Å². The van der Waals surface area contributed by atoms with Gasteiger partial charge in [-0.3, -0.25) is 4.79 Å². The normalized spacial score (nSPS) is 17.5. The molecule has 1 aliphatic rings. The third-order valence-electron chi connectivity index (χ3n) is 4.43. The highest BCUT2D eigenvalue weighted by Crippen LogP contribution is 2.25. The first-order chi connectivity index (χ1) is 12.1. The minimum atomic E-state index is -0.000871. The van der Waals surface area contributed by atoms with Gasteiger partial charge in [-0.2, -0.15) is 0 Å². The second-order valence-electron chi connectivity index (χ2n) is 6.38. The summed E-state index contributed by atoms with van der Waals surface area (Å²) in [5, 5.41) is 0.496. The summed E-state index contributed by atoms with van der Waals surface area (Å²) in [5.74, 6) is 0.367. The van der Waals surface area contributed by atoms with Gasteiger partial charge < -0.3 is 9.64 Å². The summed E-state index contributed by atoms with van der Waals surface area (Å²) in [5.41, 5.74) is 1.73. The lowest BCUT2D eigenvalue weighted by molar-refractivity contribution is 0.0426. The van der Waals surface area contributed by atoms with Gasteiger partial charge in [0.15, 0.2) is 0 Å². The van der Waals surface area contributed by atoms with Crippen molar-refractivity contribution >= 4 is 33.4 Å². The highest BCUT2D eigenvalue weighted by Gasteiger charge is 2.26. The minimum Gasteiger partial charge on any atom is -0.376 e. The molecular weight excluding hydrogens is 402 g/mol. The second kappa shape index (κ2) is 8.84. The number of amides is 1. The standard InChI is InChI=1S/C20H21BrClNO2/c21-17-8-9-19(22)18(11-17)20(24)23-10-4-7-16(12-23)14-25-13-15-5-2-1-3-6-15/h1-3,5-6,8-9,11,16H,4,7,10,12-14H2. The average molecular weight is 423 g/mol. The Hall–Kier alpha value is -1.36. The summed E-state index contributed by atoms with van der Waals surface area (Å²) in [7, 11) is 0. The van der Waals surface area contributed by atoms with E-state index >= 15 is 0 Å². The van der Waals surface area contributed by atoms with Crippen LogP contribution in [0, 0.1) is 5.92 Å². The van der Waals surface area contributed by atoms with Gasteiger partial charge in [-0.15, -0.1) is 0 Å². The first-order valence-electron chi connectivity index (χ1n) is 8.49. The van der Waals surface area contributed by atoms with Crippen LogP contribution < -0.4 is 0 Å². The van der Waals surface area contributed by atoms with Crippen LogP contribution in [0.25, 0.3) is 0 Å². The molecule has 3 rings (SSSR count). The minimum absolute atomic E-state index is 0.000871. The van der Waals surface area contributed by atoms with Crippen LogP contribution in [0.4, 0.5) is 0 Å². The fourth-order valence-electron chi connectivity index (χ4n) is 3.13. The Kier molecular flexibility index (Phi) is 6.51. The topological polar surface area (TPSA) is 29.5 Å². The van der Waals surface area contributed by atoms with Crippen LogP contribution >= 0.6 is 27.5 Å². The number of rotatable bonds is 5. The van der Waals surface area contributed by atoms with Gasteiger partial charge in [-0.05, 0) is 42.5 Å². The number of nitrogens with zero attached hydrogens (tertiary/aromatic N) is 1. The molecule has 0 bridgehead atoms. The molecule has 0 radical (unpaired) electrons. The molecule has 1 atom stereocenters. The average Bonchev–Trinajstić information content (AvgIpc) is 2.64. The molecule has 2 aromatic rings. The van der Waals surface area contributed by atoms with Crippen LogP contribution in [0.5, 0.6) is 0 Å². The van der Waals surface area contributed by atoms with Gasteiger partial charge in [-0.25, -0.2) is 0 Å². The SMILES string of the molecule is O=C(c1cc(Br)ccc1Cl)N1CCCC(COCc2ccccc2)C1. The van der Waals surface area contributed by atoms with Gasteiger partial charge in [0.1, 0.15) is 0 Å². The molecule has 1 amide bonds. The summed E-state index contributed by atoms with van der Waals surface area (Å²) < 4.78 is 6.73. The molecule has 0 N–H and O–H groups in total. The lowest BCUT2D eigenvalue weighted by Crippen LogP contribution is -2.41. The van der Waals surface area contributed by atoms with Crippen LogP contribution in [0.3, 0.4) is 0 Å². The molecule has 0 saturated carbocycles. The van der Waals surface area contributed by atoms with E-state index in [0.717, 1.165) is 30.4 Å². The van der Waals surface area contributed by atoms with Crippen molar-refractivity contribution in [1.29, 1.82) is 0 Å². The summed E-state index contributed by atoms with van der Waals surface area (Å²) >= 11 is 9.61. The zero-order valence-electron chi connectivity index (χ0n) is 14.0. The summed E-state index contributed by atoms with van der Waals surface area (Å²) in [4.78, 5) is 14.7. The number of benzene rings is 2. The molecule has 0 aliphatic carbocycles. The molecular formula is C20H21BrClNO2. The van der Waals surface area contributed by atoms with E-state index in [1.165, 1.54) is 5.56 Å². The van der Waals surface area contributed by atoms with Crippen LogP contribution in [0.15, 0.2) is 53.0 Å². The van der Waals surface area contributed by atoms with Gasteiger partial charge in [0.05, 0.1) is 23.8 Å². The maximum absolute atomic E-state index is 12.8. The Morgan fingerprint density at radius 3 is 2.84 bits per heavy atom. The van der Waals surface area contributed by atoms with Crippen molar-refractivity contribution in [1.82, 2.24) is 4.90 Å². The smallest absolute Gasteiger partial charge is 0.255 e. The number of ether oxygens (including phenoxy) is 1. The van der Waals surface area contributed by atoms with E-state index in [0.29, 0.717) is 29.7 Å². The van der Waals surface area contributed by atoms with Crippen molar-refractivity contribution in [3.63, 3.8) is 0 Å². The lowest BCUT2D eigenvalue weighted by Gasteiger charge is -2.33. The Labute approximate surface area is 162 Å². The zero-order valence-corrected chi connectivity index (χ0v) is 16.3. The highest BCUT2D eigenvalue weighted by molar-refractivity contribution is 9.10. The number of carbonyl (C=O) groups is 1. The predicted molar refractivity (Wildman–Crippen MR) is 104 cm³/mol. The molecule has 5 heteroatoms. The molecule has 132 valence electrons. The molecule has 1 saturated heterocycles. The molecule has 0 aromatic heterocycles. The predicted octanol–water partition coefficient (Wildman–Crippen LogP) is 5.17. The van der Waals surface area contributed by atoms with Crippen molar-refractivity contribution in [3.05, 3.63) is 69.2 Å². The number of piperidine rings is 1. The van der Waals surface area contributed by atoms with Crippen LogP contribution in [-0.4, -0.2) is 30.5 Å². The summed E-state index contributed by atoms with van der Waals surface area (Å²) in [6, 6.07) is 15.5. The maximum Gasteiger partial charge on any atom is 0.255 e. The molecule has 25 heavy (non-hydrogen) atoms. The van der Waals surface area contributed by atoms with Crippen molar-refractivity contribution in [3.8, 4) is 0 Å². The largest absolute Gasteiger partial charge is 0.376 e. The van der Waals surface area contributed by atoms with E-state index in [9.17, 15) is 4.79 Å². The molecule has 0 spiro atoms. The Morgan fingerprint density at radius 2 is 2.04 bits per heavy atom. The first kappa shape index (κ1) is 18.4.